The predicted molar refractivity (Wildman–Crippen MR) is 128 cm³/mol. The van der Waals surface area contributed by atoms with Crippen molar-refractivity contribution in [1.29, 1.82) is 0 Å². The highest BCUT2D eigenvalue weighted by Crippen LogP contribution is 2.31. The number of nitrogens with zero attached hydrogens (tertiary/aromatic N) is 4. The molecule has 4 aliphatic heterocycles. The lowest BCUT2D eigenvalue weighted by atomic mass is 9.96. The van der Waals surface area contributed by atoms with Crippen molar-refractivity contribution in [2.45, 2.75) is 31.7 Å². The SMILES string of the molecule is O=C1CCC(N2C(=O)c3ccc(N4CCN(CC5CCN(CCO)CC5)CC4)cc3C2=O)C(=O)N1. The zero-order chi connectivity index (χ0) is 24.5. The summed E-state index contributed by atoms with van der Waals surface area (Å²) in [5.74, 6) is -1.21. The van der Waals surface area contributed by atoms with E-state index >= 15 is 0 Å². The Morgan fingerprint density at radius 1 is 0.857 bits per heavy atom. The van der Waals surface area contributed by atoms with Gasteiger partial charge in [0.05, 0.1) is 17.7 Å². The molecule has 3 fully saturated rings. The third-order valence-electron chi connectivity index (χ3n) is 7.80. The number of β-amino-alcohol motifs (C(OH)–C–C–N with tert-alkyl or cyclic N) is 1. The van der Waals surface area contributed by atoms with E-state index in [1.54, 1.807) is 12.1 Å². The van der Waals surface area contributed by atoms with E-state index in [2.05, 4.69) is 20.0 Å². The number of carbonyl (C=O) groups excluding carboxylic acids is 4. The summed E-state index contributed by atoms with van der Waals surface area (Å²) in [6.07, 6.45) is 2.61. The summed E-state index contributed by atoms with van der Waals surface area (Å²) in [5.41, 5.74) is 1.55. The Bertz CT molecular complexity index is 1010. The average molecular weight is 484 g/mol. The Kier molecular flexibility index (Phi) is 6.86. The number of rotatable bonds is 6. The molecule has 0 aromatic heterocycles. The van der Waals surface area contributed by atoms with Gasteiger partial charge in [-0.3, -0.25) is 34.3 Å². The molecule has 10 nitrogen and oxygen atoms in total. The second kappa shape index (κ2) is 10.0. The Hall–Kier alpha value is -2.82. The van der Waals surface area contributed by atoms with Crippen LogP contribution in [0.15, 0.2) is 18.2 Å². The molecule has 3 saturated heterocycles. The van der Waals surface area contributed by atoms with Crippen molar-refractivity contribution in [2.24, 2.45) is 5.92 Å². The maximum absolute atomic E-state index is 13.1. The van der Waals surface area contributed by atoms with E-state index in [4.69, 9.17) is 5.11 Å². The van der Waals surface area contributed by atoms with Crippen molar-refractivity contribution in [3.63, 3.8) is 0 Å². The van der Waals surface area contributed by atoms with Gasteiger partial charge >= 0.3 is 0 Å². The van der Waals surface area contributed by atoms with E-state index in [0.29, 0.717) is 17.0 Å². The summed E-state index contributed by atoms with van der Waals surface area (Å²) in [5, 5.41) is 11.3. The maximum Gasteiger partial charge on any atom is 0.262 e. The lowest BCUT2D eigenvalue weighted by Gasteiger charge is -2.39. The van der Waals surface area contributed by atoms with Gasteiger partial charge in [-0.15, -0.1) is 0 Å². The minimum Gasteiger partial charge on any atom is -0.395 e. The molecule has 1 atom stereocenters. The smallest absolute Gasteiger partial charge is 0.262 e. The highest BCUT2D eigenvalue weighted by molar-refractivity contribution is 6.23. The number of amides is 4. The number of benzene rings is 1. The summed E-state index contributed by atoms with van der Waals surface area (Å²) in [4.78, 5) is 57.8. The number of imide groups is 2. The van der Waals surface area contributed by atoms with Crippen molar-refractivity contribution in [3.8, 4) is 0 Å². The van der Waals surface area contributed by atoms with Gasteiger partial charge in [0.2, 0.25) is 11.8 Å². The number of piperidine rings is 2. The number of hydrogen-bond acceptors (Lipinski definition) is 8. The Labute approximate surface area is 204 Å². The van der Waals surface area contributed by atoms with Crippen molar-refractivity contribution in [1.82, 2.24) is 20.0 Å². The molecule has 2 N–H and O–H groups in total. The van der Waals surface area contributed by atoms with Crippen LogP contribution in [0, 0.1) is 5.92 Å². The van der Waals surface area contributed by atoms with Gasteiger partial charge in [0.15, 0.2) is 0 Å². The van der Waals surface area contributed by atoms with Gasteiger partial charge in [-0.2, -0.15) is 0 Å². The molecule has 35 heavy (non-hydrogen) atoms. The Balaban J connectivity index is 1.18. The Morgan fingerprint density at radius 2 is 1.57 bits per heavy atom. The molecule has 0 bridgehead atoms. The van der Waals surface area contributed by atoms with Crippen LogP contribution in [-0.2, 0) is 9.59 Å². The van der Waals surface area contributed by atoms with Crippen molar-refractivity contribution in [3.05, 3.63) is 29.3 Å². The molecule has 4 amide bonds. The fourth-order valence-electron chi connectivity index (χ4n) is 5.74. The fraction of sp³-hybridized carbons (Fsp3) is 0.600. The molecule has 5 rings (SSSR count). The number of nitrogens with one attached hydrogen (secondary N) is 1. The van der Waals surface area contributed by atoms with E-state index in [1.165, 1.54) is 12.8 Å². The van der Waals surface area contributed by atoms with Crippen LogP contribution in [0.4, 0.5) is 5.69 Å². The first-order chi connectivity index (χ1) is 16.9. The van der Waals surface area contributed by atoms with Crippen molar-refractivity contribution in [2.75, 3.05) is 63.9 Å². The Morgan fingerprint density at radius 3 is 2.26 bits per heavy atom. The van der Waals surface area contributed by atoms with Gasteiger partial charge in [-0.1, -0.05) is 0 Å². The molecule has 4 aliphatic rings. The van der Waals surface area contributed by atoms with Gasteiger partial charge in [0.1, 0.15) is 6.04 Å². The quantitative estimate of drug-likeness (QED) is 0.540. The molecule has 188 valence electrons. The van der Waals surface area contributed by atoms with E-state index in [-0.39, 0.29) is 25.4 Å². The number of fused-ring (bicyclic) bond motifs is 1. The third-order valence-corrected chi connectivity index (χ3v) is 7.80. The second-order valence-corrected chi connectivity index (χ2v) is 9.97. The lowest BCUT2D eigenvalue weighted by Crippen LogP contribution is -2.54. The standard InChI is InChI=1S/C25H33N5O5/c31-14-13-27-7-5-17(6-8-27)16-28-9-11-29(12-10-28)18-1-2-19-20(15-18)25(35)30(24(19)34)21-3-4-22(32)26-23(21)33/h1-2,15,17,21,31H,3-14,16H2,(H,26,32,33). The van der Waals surface area contributed by atoms with Crippen LogP contribution in [0.2, 0.25) is 0 Å². The topological polar surface area (TPSA) is 114 Å². The predicted octanol–water partition coefficient (Wildman–Crippen LogP) is -0.0859. The normalized spacial score (nSPS) is 24.8. The van der Waals surface area contributed by atoms with E-state index < -0.39 is 23.8 Å². The van der Waals surface area contributed by atoms with Crippen LogP contribution >= 0.6 is 0 Å². The third kappa shape index (κ3) is 4.82. The molecular weight excluding hydrogens is 450 g/mol. The number of likely N-dealkylation sites (tertiary alicyclic amines) is 1. The molecule has 4 heterocycles. The summed E-state index contributed by atoms with van der Waals surface area (Å²) in [7, 11) is 0. The molecule has 0 saturated carbocycles. The molecule has 0 radical (unpaired) electrons. The molecule has 1 unspecified atom stereocenters. The first-order valence-electron chi connectivity index (χ1n) is 12.6. The monoisotopic (exact) mass is 483 g/mol. The van der Waals surface area contributed by atoms with Gasteiger partial charge < -0.3 is 14.9 Å². The highest BCUT2D eigenvalue weighted by Gasteiger charge is 2.44. The number of aliphatic hydroxyl groups is 1. The van der Waals surface area contributed by atoms with Crippen molar-refractivity contribution >= 4 is 29.3 Å². The molecule has 0 spiro atoms. The van der Waals surface area contributed by atoms with Crippen LogP contribution in [0.3, 0.4) is 0 Å². The maximum atomic E-state index is 13.1. The number of piperazine rings is 1. The van der Waals surface area contributed by atoms with Gasteiger partial charge in [-0.25, -0.2) is 0 Å². The van der Waals surface area contributed by atoms with Crippen LogP contribution in [0.25, 0.3) is 0 Å². The van der Waals surface area contributed by atoms with E-state index in [9.17, 15) is 19.2 Å². The zero-order valence-corrected chi connectivity index (χ0v) is 19.9. The molecule has 10 heteroatoms. The lowest BCUT2D eigenvalue weighted by molar-refractivity contribution is -0.136. The summed E-state index contributed by atoms with van der Waals surface area (Å²) >= 11 is 0. The van der Waals surface area contributed by atoms with Crippen LogP contribution < -0.4 is 10.2 Å². The molecule has 0 aliphatic carbocycles. The van der Waals surface area contributed by atoms with Gasteiger partial charge in [0, 0.05) is 51.4 Å². The largest absolute Gasteiger partial charge is 0.395 e. The van der Waals surface area contributed by atoms with E-state index in [0.717, 1.165) is 62.9 Å². The fourth-order valence-corrected chi connectivity index (χ4v) is 5.74. The molecule has 1 aromatic rings. The minimum atomic E-state index is -0.942. The van der Waals surface area contributed by atoms with Crippen LogP contribution in [0.5, 0.6) is 0 Å². The summed E-state index contributed by atoms with van der Waals surface area (Å²) in [6, 6.07) is 4.39. The van der Waals surface area contributed by atoms with Crippen LogP contribution in [-0.4, -0.2) is 108 Å². The second-order valence-electron chi connectivity index (χ2n) is 9.97. The van der Waals surface area contributed by atoms with Gasteiger partial charge in [0.25, 0.3) is 11.8 Å². The summed E-state index contributed by atoms with van der Waals surface area (Å²) < 4.78 is 0. The van der Waals surface area contributed by atoms with Gasteiger partial charge in [-0.05, 0) is 56.5 Å². The summed E-state index contributed by atoms with van der Waals surface area (Å²) in [6.45, 7) is 7.80. The van der Waals surface area contributed by atoms with Crippen LogP contribution in [0.1, 0.15) is 46.4 Å². The molecule has 1 aromatic carbocycles. The zero-order valence-electron chi connectivity index (χ0n) is 19.9. The highest BCUT2D eigenvalue weighted by atomic mass is 16.3. The van der Waals surface area contributed by atoms with E-state index in [1.807, 2.05) is 6.07 Å². The number of hydrogen-bond donors (Lipinski definition) is 2. The number of aliphatic hydroxyl groups excluding tert-OH is 1. The first-order valence-corrected chi connectivity index (χ1v) is 12.6. The number of anilines is 1. The minimum absolute atomic E-state index is 0.112. The van der Waals surface area contributed by atoms with Crippen molar-refractivity contribution < 1.29 is 24.3 Å². The average Bonchev–Trinajstić information content (AvgIpc) is 3.10. The number of carbonyl (C=O) groups is 4. The first kappa shape index (κ1) is 23.9. The molecular formula is C25H33N5O5.